The number of halogens is 3. The summed E-state index contributed by atoms with van der Waals surface area (Å²) in [4.78, 5) is 70.4. The Morgan fingerprint density at radius 2 is 1.81 bits per heavy atom. The molecule has 4 rings (SSSR count). The molecule has 4 atom stereocenters. The molecule has 292 valence electrons. The van der Waals surface area contributed by atoms with Crippen molar-refractivity contribution in [2.45, 2.75) is 89.3 Å². The molecule has 1 saturated heterocycles. The third-order valence-electron chi connectivity index (χ3n) is 9.11. The van der Waals surface area contributed by atoms with Gasteiger partial charge < -0.3 is 14.8 Å². The van der Waals surface area contributed by atoms with Gasteiger partial charge in [0.15, 0.2) is 0 Å². The quantitative estimate of drug-likeness (QED) is 0.139. The van der Waals surface area contributed by atoms with E-state index in [1.165, 1.54) is 16.6 Å². The summed E-state index contributed by atoms with van der Waals surface area (Å²) < 4.78 is 10.1. The molecule has 1 aliphatic rings. The summed E-state index contributed by atoms with van der Waals surface area (Å²) in [6, 6.07) is 9.22. The highest BCUT2D eigenvalue weighted by atomic mass is 35.6. The van der Waals surface area contributed by atoms with Crippen LogP contribution in [-0.2, 0) is 40.0 Å². The fraction of sp³-hybridized carbons (Fsp3) is 0.500. The Morgan fingerprint density at radius 3 is 2.46 bits per heavy atom. The Kier molecular flexibility index (Phi) is 14.7. The number of pyridine rings is 1. The summed E-state index contributed by atoms with van der Waals surface area (Å²) in [6.07, 6.45) is 7.16. The van der Waals surface area contributed by atoms with Crippen molar-refractivity contribution in [3.63, 3.8) is 0 Å². The number of ketones is 1. The molecule has 2 amide bonds. The molecular weight excluding hydrogens is 759 g/mol. The van der Waals surface area contributed by atoms with Crippen LogP contribution in [0.3, 0.4) is 0 Å². The molecule has 0 spiro atoms. The van der Waals surface area contributed by atoms with Gasteiger partial charge in [0.2, 0.25) is 9.70 Å². The maximum Gasteiger partial charge on any atom is 0.325 e. The maximum atomic E-state index is 13.9. The van der Waals surface area contributed by atoms with Crippen LogP contribution in [0.4, 0.5) is 0 Å². The molecule has 1 fully saturated rings. The minimum Gasteiger partial charge on any atom is -0.460 e. The lowest BCUT2D eigenvalue weighted by molar-refractivity contribution is -0.153. The second kappa shape index (κ2) is 18.5. The van der Waals surface area contributed by atoms with E-state index in [4.69, 9.17) is 44.3 Å². The number of alkyl halides is 3. The number of hydrogen-bond acceptors (Lipinski definition) is 10. The molecule has 54 heavy (non-hydrogen) atoms. The van der Waals surface area contributed by atoms with Crippen molar-refractivity contribution in [3.8, 4) is 0 Å². The number of hydrogen-bond donors (Lipinski definition) is 2. The lowest BCUT2D eigenvalue weighted by atomic mass is 9.79. The smallest absolute Gasteiger partial charge is 0.325 e. The average molecular weight is 806 g/mol. The zero-order valence-electron chi connectivity index (χ0n) is 31.2. The zero-order valence-corrected chi connectivity index (χ0v) is 33.5. The molecule has 16 heteroatoms. The molecule has 0 bridgehead atoms. The van der Waals surface area contributed by atoms with Crippen molar-refractivity contribution in [3.05, 3.63) is 66.1 Å². The predicted octanol–water partition coefficient (Wildman–Crippen LogP) is 5.92. The normalized spacial score (nSPS) is 16.9. The third kappa shape index (κ3) is 12.2. The van der Waals surface area contributed by atoms with E-state index in [9.17, 15) is 24.0 Å². The number of rotatable bonds is 15. The van der Waals surface area contributed by atoms with Crippen LogP contribution in [0, 0.1) is 17.3 Å². The molecule has 0 saturated carbocycles. The molecular formula is C38H47Cl3N6O7. The molecule has 1 aromatic carbocycles. The largest absolute Gasteiger partial charge is 0.460 e. The predicted molar refractivity (Wildman–Crippen MR) is 206 cm³/mol. The van der Waals surface area contributed by atoms with E-state index < -0.39 is 63.7 Å². The Morgan fingerprint density at radius 1 is 1.09 bits per heavy atom. The van der Waals surface area contributed by atoms with E-state index in [0.717, 1.165) is 10.9 Å². The zero-order chi connectivity index (χ0) is 39.8. The Balaban J connectivity index is 1.46. The maximum absolute atomic E-state index is 13.9. The van der Waals surface area contributed by atoms with E-state index in [2.05, 4.69) is 20.8 Å². The lowest BCUT2D eigenvalue weighted by Crippen LogP contribution is -2.61. The van der Waals surface area contributed by atoms with Crippen molar-refractivity contribution >= 4 is 81.3 Å². The minimum atomic E-state index is -1.79. The Labute approximate surface area is 330 Å². The molecule has 0 radical (unpaired) electrons. The monoisotopic (exact) mass is 804 g/mol. The number of hydrazine groups is 1. The van der Waals surface area contributed by atoms with Crippen LogP contribution in [0.25, 0.3) is 17.0 Å². The van der Waals surface area contributed by atoms with Gasteiger partial charge in [0.05, 0.1) is 17.8 Å². The molecule has 3 aromatic rings. The number of Topliss-reactive ketones (excluding diaryl/α,β-unsaturated/α-hetero) is 1. The number of carbonyl (C=O) groups excluding carboxylic acids is 5. The van der Waals surface area contributed by atoms with E-state index in [1.807, 2.05) is 50.3 Å². The number of benzene rings is 1. The van der Waals surface area contributed by atoms with Crippen LogP contribution in [0.2, 0.25) is 0 Å². The van der Waals surface area contributed by atoms with Gasteiger partial charge in [-0.2, -0.15) is 5.10 Å². The topological polar surface area (TPSA) is 162 Å². The van der Waals surface area contributed by atoms with Gasteiger partial charge in [-0.1, -0.05) is 79.0 Å². The first-order valence-electron chi connectivity index (χ1n) is 17.7. The average Bonchev–Trinajstić information content (AvgIpc) is 3.63. The van der Waals surface area contributed by atoms with Crippen LogP contribution in [0.5, 0.6) is 0 Å². The van der Waals surface area contributed by atoms with Crippen molar-refractivity contribution in [2.75, 3.05) is 13.2 Å². The van der Waals surface area contributed by atoms with E-state index >= 15 is 0 Å². The number of carbonyl (C=O) groups is 5. The highest BCUT2D eigenvalue weighted by Gasteiger charge is 2.37. The molecule has 13 nitrogen and oxygen atoms in total. The summed E-state index contributed by atoms with van der Waals surface area (Å²) in [5.41, 5.74) is 4.10. The number of amides is 2. The highest BCUT2D eigenvalue weighted by Crippen LogP contribution is 2.29. The van der Waals surface area contributed by atoms with E-state index in [0.29, 0.717) is 24.1 Å². The van der Waals surface area contributed by atoms with Crippen molar-refractivity contribution in [1.82, 2.24) is 30.5 Å². The number of nitrogens with zero attached hydrogens (tertiary/aromatic N) is 4. The number of ether oxygens (including phenoxy) is 2. The fourth-order valence-electron chi connectivity index (χ4n) is 5.90. The standard InChI is InChI=1S/C38H47Cl3N6O7/c1-23(2)28(20-33(49)37(5,6)15-14-26-10-11-27-12-13-29(43-31(27)19-26)24(3)54-25(4)48)34(50)44-32(21-46-17-8-16-42-46)35(51)47-18-7-9-30(45-47)36(52)53-22-38(39,40)41/h8,10-17,19,23-24,28,30,32,45H,7,9,18,20-22H2,1-6H3,(H,44,50)/b15-14+/t24-,28+,30+,32?/m1/s1. The molecule has 0 aliphatic carbocycles. The third-order valence-corrected chi connectivity index (χ3v) is 9.44. The van der Waals surface area contributed by atoms with Crippen LogP contribution < -0.4 is 10.7 Å². The van der Waals surface area contributed by atoms with E-state index in [-0.39, 0.29) is 31.2 Å². The van der Waals surface area contributed by atoms with E-state index in [1.54, 1.807) is 45.3 Å². The number of nitrogens with one attached hydrogen (secondary N) is 2. The molecule has 1 aliphatic heterocycles. The van der Waals surface area contributed by atoms with Crippen LogP contribution in [0.1, 0.15) is 78.2 Å². The molecule has 1 unspecified atom stereocenters. The van der Waals surface area contributed by atoms with Gasteiger partial charge in [-0.25, -0.2) is 10.4 Å². The summed E-state index contributed by atoms with van der Waals surface area (Å²) in [6.45, 7) is 10.2. The van der Waals surface area contributed by atoms with Crippen molar-refractivity contribution < 1.29 is 33.4 Å². The van der Waals surface area contributed by atoms with Gasteiger partial charge >= 0.3 is 11.9 Å². The van der Waals surface area contributed by atoms with Crippen molar-refractivity contribution in [1.29, 1.82) is 0 Å². The van der Waals surface area contributed by atoms with Gasteiger partial charge in [0.1, 0.15) is 30.6 Å². The second-order valence-electron chi connectivity index (χ2n) is 14.3. The summed E-state index contributed by atoms with van der Waals surface area (Å²) >= 11 is 17.2. The Hall–Kier alpha value is -4.04. The Bertz CT molecular complexity index is 1840. The SMILES string of the molecule is CC(=O)O[C@H](C)c1ccc2ccc(/C=C/C(C)(C)C(=O)C[C@H](C(=O)NC(Cn3cccn3)C(=O)N3CCC[C@@H](C(=O)OCC(Cl)(Cl)Cl)N3)C(C)C)cc2n1. The first-order valence-corrected chi connectivity index (χ1v) is 18.9. The number of esters is 2. The summed E-state index contributed by atoms with van der Waals surface area (Å²) in [7, 11) is 0. The number of allylic oxidation sites excluding steroid dienone is 1. The number of aromatic nitrogens is 3. The summed E-state index contributed by atoms with van der Waals surface area (Å²) in [5, 5.41) is 9.27. The first kappa shape index (κ1) is 42.7. The van der Waals surface area contributed by atoms with Gasteiger partial charge in [0, 0.05) is 49.0 Å². The van der Waals surface area contributed by atoms with Gasteiger partial charge in [0.25, 0.3) is 5.91 Å². The van der Waals surface area contributed by atoms with Crippen LogP contribution >= 0.6 is 34.8 Å². The molecule has 2 N–H and O–H groups in total. The fourth-order valence-corrected chi connectivity index (χ4v) is 6.06. The molecule has 3 heterocycles. The molecule has 2 aromatic heterocycles. The lowest BCUT2D eigenvalue weighted by Gasteiger charge is -2.35. The van der Waals surface area contributed by atoms with Crippen LogP contribution in [-0.4, -0.2) is 78.3 Å². The van der Waals surface area contributed by atoms with Gasteiger partial charge in [-0.15, -0.1) is 0 Å². The van der Waals surface area contributed by atoms with Gasteiger partial charge in [-0.3, -0.25) is 33.7 Å². The summed E-state index contributed by atoms with van der Waals surface area (Å²) in [5.74, 6) is -3.18. The van der Waals surface area contributed by atoms with Crippen LogP contribution in [0.15, 0.2) is 54.9 Å². The van der Waals surface area contributed by atoms with Gasteiger partial charge in [-0.05, 0) is 63.3 Å². The minimum absolute atomic E-state index is 0.00982. The number of fused-ring (bicyclic) bond motifs is 1. The second-order valence-corrected chi connectivity index (χ2v) is 16.8. The van der Waals surface area contributed by atoms with Crippen molar-refractivity contribution in [2.24, 2.45) is 17.3 Å². The highest BCUT2D eigenvalue weighted by molar-refractivity contribution is 6.67. The first-order chi connectivity index (χ1) is 25.3.